The topological polar surface area (TPSA) is 105 Å². The highest BCUT2D eigenvalue weighted by atomic mass is 16.5. The van der Waals surface area contributed by atoms with Gasteiger partial charge in [0.2, 0.25) is 0 Å². The normalized spacial score (nSPS) is 13.5. The molecular weight excluding hydrogens is 272 g/mol. The first kappa shape index (κ1) is 19.9. The number of unbranched alkanes of at least 4 members (excludes halogenated alkanes) is 2. The molecule has 0 rings (SSSR count). The quantitative estimate of drug-likeness (QED) is 0.418. The van der Waals surface area contributed by atoms with Crippen molar-refractivity contribution in [1.82, 2.24) is 0 Å². The molecule has 0 aliphatic heterocycles. The predicted octanol–water partition coefficient (Wildman–Crippen LogP) is 1.50. The summed E-state index contributed by atoms with van der Waals surface area (Å²) in [7, 11) is 0. The Bertz CT molecular complexity index is 269. The van der Waals surface area contributed by atoms with Gasteiger partial charge < -0.3 is 20.9 Å². The summed E-state index contributed by atoms with van der Waals surface area (Å²) < 4.78 is 10.0. The van der Waals surface area contributed by atoms with Crippen LogP contribution in [-0.4, -0.2) is 37.2 Å². The molecule has 0 aliphatic rings. The lowest BCUT2D eigenvalue weighted by atomic mass is 10.1. The van der Waals surface area contributed by atoms with Gasteiger partial charge in [0.1, 0.15) is 12.1 Å². The van der Waals surface area contributed by atoms with Crippen molar-refractivity contribution in [3.63, 3.8) is 0 Å². The molecule has 0 spiro atoms. The van der Waals surface area contributed by atoms with E-state index in [1.807, 2.05) is 13.8 Å². The summed E-state index contributed by atoms with van der Waals surface area (Å²) in [6, 6.07) is -1.12. The minimum Gasteiger partial charge on any atom is -0.464 e. The molecule has 0 aliphatic carbocycles. The van der Waals surface area contributed by atoms with Crippen LogP contribution in [0.25, 0.3) is 0 Å². The lowest BCUT2D eigenvalue weighted by molar-refractivity contribution is -0.148. The predicted molar refractivity (Wildman–Crippen MR) is 81.5 cm³/mol. The fourth-order valence-corrected chi connectivity index (χ4v) is 1.70. The molecule has 4 N–H and O–H groups in total. The van der Waals surface area contributed by atoms with Crippen molar-refractivity contribution in [1.29, 1.82) is 0 Å². The number of nitrogens with two attached hydrogens (primary N) is 2. The molecule has 0 aromatic heterocycles. The van der Waals surface area contributed by atoms with E-state index in [2.05, 4.69) is 0 Å². The SMILES string of the molecule is CCCC[C@H](N)C(=O)OCCCOC(=O)[C@@H](N)CCCC. The van der Waals surface area contributed by atoms with Crippen LogP contribution < -0.4 is 11.5 Å². The number of carbonyl (C=O) groups excluding carboxylic acids is 2. The van der Waals surface area contributed by atoms with Gasteiger partial charge in [-0.25, -0.2) is 0 Å². The van der Waals surface area contributed by atoms with Gasteiger partial charge in [0.15, 0.2) is 0 Å². The molecule has 2 atom stereocenters. The molecule has 6 nitrogen and oxygen atoms in total. The third kappa shape index (κ3) is 10.3. The zero-order valence-electron chi connectivity index (χ0n) is 13.3. The highest BCUT2D eigenvalue weighted by Gasteiger charge is 2.15. The molecule has 0 radical (unpaired) electrons. The molecule has 0 fully saturated rings. The van der Waals surface area contributed by atoms with E-state index in [0.29, 0.717) is 19.3 Å². The highest BCUT2D eigenvalue weighted by molar-refractivity contribution is 5.75. The Labute approximate surface area is 127 Å². The van der Waals surface area contributed by atoms with E-state index >= 15 is 0 Å². The fraction of sp³-hybridized carbons (Fsp3) is 0.867. The average Bonchev–Trinajstić information content (AvgIpc) is 2.49. The van der Waals surface area contributed by atoms with Gasteiger partial charge >= 0.3 is 11.9 Å². The monoisotopic (exact) mass is 302 g/mol. The second kappa shape index (κ2) is 12.6. The highest BCUT2D eigenvalue weighted by Crippen LogP contribution is 2.02. The van der Waals surface area contributed by atoms with Crippen LogP contribution in [0.1, 0.15) is 58.8 Å². The Balaban J connectivity index is 3.62. The van der Waals surface area contributed by atoms with E-state index in [1.165, 1.54) is 0 Å². The van der Waals surface area contributed by atoms with E-state index in [0.717, 1.165) is 25.7 Å². The largest absolute Gasteiger partial charge is 0.464 e. The first-order valence-electron chi connectivity index (χ1n) is 7.87. The summed E-state index contributed by atoms with van der Waals surface area (Å²) in [5.41, 5.74) is 11.4. The molecule has 6 heteroatoms. The van der Waals surface area contributed by atoms with Crippen LogP contribution in [0.5, 0.6) is 0 Å². The molecule has 0 bridgehead atoms. The van der Waals surface area contributed by atoms with Crippen LogP contribution in [0.4, 0.5) is 0 Å². The van der Waals surface area contributed by atoms with Gasteiger partial charge in [-0.2, -0.15) is 0 Å². The summed E-state index contributed by atoms with van der Waals surface area (Å²) in [4.78, 5) is 23.0. The van der Waals surface area contributed by atoms with Gasteiger partial charge in [-0.05, 0) is 12.8 Å². The van der Waals surface area contributed by atoms with Crippen LogP contribution in [0.3, 0.4) is 0 Å². The van der Waals surface area contributed by atoms with Crippen molar-refractivity contribution in [3.05, 3.63) is 0 Å². The van der Waals surface area contributed by atoms with Gasteiger partial charge in [-0.3, -0.25) is 9.59 Å². The lowest BCUT2D eigenvalue weighted by Crippen LogP contribution is -2.33. The van der Waals surface area contributed by atoms with E-state index < -0.39 is 24.0 Å². The van der Waals surface area contributed by atoms with Gasteiger partial charge in [0.25, 0.3) is 0 Å². The average molecular weight is 302 g/mol. The number of rotatable bonds is 12. The summed E-state index contributed by atoms with van der Waals surface area (Å²) in [6.45, 7) is 4.49. The summed E-state index contributed by atoms with van der Waals surface area (Å²) in [6.07, 6.45) is 5.53. The molecule has 0 amide bonds. The fourth-order valence-electron chi connectivity index (χ4n) is 1.70. The number of esters is 2. The van der Waals surface area contributed by atoms with Crippen LogP contribution in [0, 0.1) is 0 Å². The number of ether oxygens (including phenoxy) is 2. The van der Waals surface area contributed by atoms with Gasteiger partial charge in [-0.15, -0.1) is 0 Å². The molecule has 21 heavy (non-hydrogen) atoms. The van der Waals surface area contributed by atoms with Gasteiger partial charge in [-0.1, -0.05) is 39.5 Å². The molecule has 0 unspecified atom stereocenters. The molecular formula is C15H30N2O4. The van der Waals surface area contributed by atoms with Crippen LogP contribution in [0.2, 0.25) is 0 Å². The van der Waals surface area contributed by atoms with Crippen LogP contribution in [0.15, 0.2) is 0 Å². The zero-order chi connectivity index (χ0) is 16.1. The summed E-state index contributed by atoms with van der Waals surface area (Å²) in [5, 5.41) is 0. The van der Waals surface area contributed by atoms with Gasteiger partial charge in [0.05, 0.1) is 13.2 Å². The van der Waals surface area contributed by atoms with Crippen molar-refractivity contribution in [2.75, 3.05) is 13.2 Å². The van der Waals surface area contributed by atoms with Crippen molar-refractivity contribution in [3.8, 4) is 0 Å². The van der Waals surface area contributed by atoms with Crippen molar-refractivity contribution < 1.29 is 19.1 Å². The maximum absolute atomic E-state index is 11.5. The Morgan fingerprint density at radius 2 is 1.19 bits per heavy atom. The van der Waals surface area contributed by atoms with Crippen LogP contribution in [-0.2, 0) is 19.1 Å². The standard InChI is InChI=1S/C15H30N2O4/c1-3-5-8-12(16)14(18)20-10-7-11-21-15(19)13(17)9-6-4-2/h12-13H,3-11,16-17H2,1-2H3/t12-,13-/m0/s1. The van der Waals surface area contributed by atoms with Gasteiger partial charge in [0, 0.05) is 6.42 Å². The Hall–Kier alpha value is -1.14. The maximum atomic E-state index is 11.5. The Morgan fingerprint density at radius 3 is 1.52 bits per heavy atom. The molecule has 0 saturated carbocycles. The molecule has 124 valence electrons. The maximum Gasteiger partial charge on any atom is 0.322 e. The van der Waals surface area contributed by atoms with E-state index in [9.17, 15) is 9.59 Å². The molecule has 0 heterocycles. The second-order valence-corrected chi connectivity index (χ2v) is 5.19. The minimum atomic E-state index is -0.560. The number of hydrogen-bond acceptors (Lipinski definition) is 6. The van der Waals surface area contributed by atoms with Crippen molar-refractivity contribution in [2.24, 2.45) is 11.5 Å². The minimum absolute atomic E-state index is 0.205. The first-order valence-corrected chi connectivity index (χ1v) is 7.87. The third-order valence-electron chi connectivity index (χ3n) is 3.12. The van der Waals surface area contributed by atoms with E-state index in [1.54, 1.807) is 0 Å². The third-order valence-corrected chi connectivity index (χ3v) is 3.12. The molecule has 0 aromatic carbocycles. The van der Waals surface area contributed by atoms with E-state index in [-0.39, 0.29) is 13.2 Å². The van der Waals surface area contributed by atoms with Crippen LogP contribution >= 0.6 is 0 Å². The summed E-state index contributed by atoms with van der Waals surface area (Å²) >= 11 is 0. The Morgan fingerprint density at radius 1 is 0.810 bits per heavy atom. The first-order chi connectivity index (χ1) is 10.0. The second-order valence-electron chi connectivity index (χ2n) is 5.19. The zero-order valence-corrected chi connectivity index (χ0v) is 13.3. The Kier molecular flexibility index (Phi) is 11.9. The smallest absolute Gasteiger partial charge is 0.322 e. The number of carbonyl (C=O) groups is 2. The van der Waals surface area contributed by atoms with Crippen molar-refractivity contribution in [2.45, 2.75) is 70.9 Å². The number of hydrogen-bond donors (Lipinski definition) is 2. The van der Waals surface area contributed by atoms with E-state index in [4.69, 9.17) is 20.9 Å². The molecule has 0 aromatic rings. The molecule has 0 saturated heterocycles. The lowest BCUT2D eigenvalue weighted by Gasteiger charge is -2.12. The summed E-state index contributed by atoms with van der Waals surface area (Å²) in [5.74, 6) is -0.788. The van der Waals surface area contributed by atoms with Crippen molar-refractivity contribution >= 4 is 11.9 Å².